The van der Waals surface area contributed by atoms with Crippen LogP contribution in [0.5, 0.6) is 0 Å². The molecule has 1 atom stereocenters. The van der Waals surface area contributed by atoms with Crippen LogP contribution >= 0.6 is 0 Å². The van der Waals surface area contributed by atoms with Crippen molar-refractivity contribution in [3.05, 3.63) is 71.6 Å². The molecule has 0 spiro atoms. The van der Waals surface area contributed by atoms with Crippen LogP contribution in [0.4, 0.5) is 0 Å². The number of ether oxygens (including phenoxy) is 1. The van der Waals surface area contributed by atoms with Crippen molar-refractivity contribution in [2.45, 2.75) is 13.0 Å². The van der Waals surface area contributed by atoms with E-state index >= 15 is 0 Å². The number of carbonyl (C=O) groups is 2. The third-order valence-electron chi connectivity index (χ3n) is 3.25. The first-order chi connectivity index (χ1) is 11.1. The van der Waals surface area contributed by atoms with Gasteiger partial charge < -0.3 is 10.1 Å². The number of esters is 1. The molecule has 0 aliphatic carbocycles. The molecule has 23 heavy (non-hydrogen) atoms. The number of carbonyl (C=O) groups excluding carboxylic acids is 2. The third kappa shape index (κ3) is 4.78. The maximum absolute atomic E-state index is 11.9. The van der Waals surface area contributed by atoms with Crippen molar-refractivity contribution in [2.24, 2.45) is 0 Å². The first kappa shape index (κ1) is 16.4. The van der Waals surface area contributed by atoms with Gasteiger partial charge in [0.2, 0.25) is 5.91 Å². The van der Waals surface area contributed by atoms with Crippen molar-refractivity contribution < 1.29 is 14.3 Å². The molecule has 2 rings (SSSR count). The number of rotatable bonds is 5. The van der Waals surface area contributed by atoms with Crippen LogP contribution in [0.15, 0.2) is 54.7 Å². The molecular formula is C18H18N2O3. The van der Waals surface area contributed by atoms with Crippen molar-refractivity contribution in [1.82, 2.24) is 10.3 Å². The quantitative estimate of drug-likeness (QED) is 0.681. The van der Waals surface area contributed by atoms with Crippen LogP contribution in [0.3, 0.4) is 0 Å². The highest BCUT2D eigenvalue weighted by molar-refractivity contribution is 5.92. The molecule has 0 fully saturated rings. The van der Waals surface area contributed by atoms with Gasteiger partial charge in [-0.2, -0.15) is 0 Å². The zero-order valence-corrected chi connectivity index (χ0v) is 13.0. The lowest BCUT2D eigenvalue weighted by Crippen LogP contribution is -2.25. The van der Waals surface area contributed by atoms with E-state index in [0.717, 1.165) is 11.3 Å². The Hall–Kier alpha value is -2.95. The van der Waals surface area contributed by atoms with Crippen LogP contribution in [0, 0.1) is 0 Å². The van der Waals surface area contributed by atoms with Gasteiger partial charge in [0.1, 0.15) is 0 Å². The van der Waals surface area contributed by atoms with Crippen LogP contribution in [0.2, 0.25) is 0 Å². The van der Waals surface area contributed by atoms with Gasteiger partial charge in [0, 0.05) is 12.3 Å². The normalized spacial score (nSPS) is 11.9. The molecule has 1 aromatic carbocycles. The van der Waals surface area contributed by atoms with Crippen LogP contribution < -0.4 is 5.32 Å². The van der Waals surface area contributed by atoms with Gasteiger partial charge in [-0.05, 0) is 42.8 Å². The molecule has 1 aromatic heterocycles. The van der Waals surface area contributed by atoms with Gasteiger partial charge >= 0.3 is 5.97 Å². The number of pyridine rings is 1. The summed E-state index contributed by atoms with van der Waals surface area (Å²) < 4.78 is 4.63. The molecule has 5 heteroatoms. The Balaban J connectivity index is 1.94. The maximum atomic E-state index is 11.9. The number of amides is 1. The number of benzene rings is 1. The second-order valence-electron chi connectivity index (χ2n) is 4.93. The SMILES string of the molecule is COC(=O)c1ccc(C=CC(=O)NC(C)c2ccccn2)cc1. The van der Waals surface area contributed by atoms with E-state index in [0.29, 0.717) is 5.56 Å². The fourth-order valence-electron chi connectivity index (χ4n) is 1.99. The lowest BCUT2D eigenvalue weighted by atomic mass is 10.1. The van der Waals surface area contributed by atoms with Gasteiger partial charge in [-0.1, -0.05) is 18.2 Å². The van der Waals surface area contributed by atoms with Gasteiger partial charge in [-0.3, -0.25) is 9.78 Å². The zero-order chi connectivity index (χ0) is 16.7. The maximum Gasteiger partial charge on any atom is 0.337 e. The largest absolute Gasteiger partial charge is 0.465 e. The lowest BCUT2D eigenvalue weighted by Gasteiger charge is -2.11. The predicted molar refractivity (Wildman–Crippen MR) is 87.6 cm³/mol. The Morgan fingerprint density at radius 3 is 2.52 bits per heavy atom. The minimum atomic E-state index is -0.387. The van der Waals surface area contributed by atoms with E-state index in [2.05, 4.69) is 15.0 Å². The number of methoxy groups -OCH3 is 1. The second-order valence-corrected chi connectivity index (χ2v) is 4.93. The summed E-state index contributed by atoms with van der Waals surface area (Å²) in [7, 11) is 1.34. The zero-order valence-electron chi connectivity index (χ0n) is 13.0. The summed E-state index contributed by atoms with van der Waals surface area (Å²) in [5.41, 5.74) is 2.09. The van der Waals surface area contributed by atoms with Gasteiger partial charge in [-0.25, -0.2) is 4.79 Å². The number of aromatic nitrogens is 1. The Labute approximate surface area is 135 Å². The van der Waals surface area contributed by atoms with E-state index in [1.807, 2.05) is 25.1 Å². The number of hydrogen-bond acceptors (Lipinski definition) is 4. The topological polar surface area (TPSA) is 68.3 Å². The van der Waals surface area contributed by atoms with Crippen molar-refractivity contribution in [1.29, 1.82) is 0 Å². The standard InChI is InChI=1S/C18H18N2O3/c1-13(16-5-3-4-12-19-16)20-17(21)11-8-14-6-9-15(10-7-14)18(22)23-2/h3-13H,1-2H3,(H,20,21). The average molecular weight is 310 g/mol. The van der Waals surface area contributed by atoms with Gasteiger partial charge in [0.25, 0.3) is 0 Å². The van der Waals surface area contributed by atoms with Gasteiger partial charge in [0.05, 0.1) is 24.4 Å². The van der Waals surface area contributed by atoms with Crippen molar-refractivity contribution in [2.75, 3.05) is 7.11 Å². The van der Waals surface area contributed by atoms with Crippen molar-refractivity contribution in [3.8, 4) is 0 Å². The van der Waals surface area contributed by atoms with E-state index in [1.165, 1.54) is 13.2 Å². The lowest BCUT2D eigenvalue weighted by molar-refractivity contribution is -0.117. The molecule has 0 radical (unpaired) electrons. The molecule has 1 unspecified atom stereocenters. The minimum absolute atomic E-state index is 0.171. The molecule has 5 nitrogen and oxygen atoms in total. The molecule has 1 N–H and O–H groups in total. The number of hydrogen-bond donors (Lipinski definition) is 1. The number of nitrogens with zero attached hydrogens (tertiary/aromatic N) is 1. The molecular weight excluding hydrogens is 292 g/mol. The van der Waals surface area contributed by atoms with E-state index in [4.69, 9.17) is 0 Å². The fraction of sp³-hybridized carbons (Fsp3) is 0.167. The smallest absolute Gasteiger partial charge is 0.337 e. The van der Waals surface area contributed by atoms with Gasteiger partial charge in [-0.15, -0.1) is 0 Å². The average Bonchev–Trinajstić information content (AvgIpc) is 2.60. The minimum Gasteiger partial charge on any atom is -0.465 e. The first-order valence-corrected chi connectivity index (χ1v) is 7.18. The summed E-state index contributed by atoms with van der Waals surface area (Å²) in [6.07, 6.45) is 4.82. The summed E-state index contributed by atoms with van der Waals surface area (Å²) in [5, 5.41) is 2.84. The highest BCUT2D eigenvalue weighted by Crippen LogP contribution is 2.09. The molecule has 0 aliphatic rings. The van der Waals surface area contributed by atoms with Crippen LogP contribution in [0.25, 0.3) is 6.08 Å². The Bertz CT molecular complexity index is 694. The Kier molecular flexibility index (Phi) is 5.63. The molecule has 1 heterocycles. The van der Waals surface area contributed by atoms with E-state index in [1.54, 1.807) is 36.5 Å². The molecule has 1 amide bonds. The van der Waals surface area contributed by atoms with Crippen LogP contribution in [-0.2, 0) is 9.53 Å². The Morgan fingerprint density at radius 1 is 1.17 bits per heavy atom. The van der Waals surface area contributed by atoms with Crippen molar-refractivity contribution >= 4 is 18.0 Å². The molecule has 0 saturated heterocycles. The molecule has 2 aromatic rings. The van der Waals surface area contributed by atoms with Crippen LogP contribution in [0.1, 0.15) is 34.6 Å². The number of nitrogens with one attached hydrogen (secondary N) is 1. The second kappa shape index (κ2) is 7.89. The summed E-state index contributed by atoms with van der Waals surface area (Å²) in [6, 6.07) is 12.2. The first-order valence-electron chi connectivity index (χ1n) is 7.18. The fourth-order valence-corrected chi connectivity index (χ4v) is 1.99. The van der Waals surface area contributed by atoms with E-state index in [9.17, 15) is 9.59 Å². The summed E-state index contributed by atoms with van der Waals surface area (Å²) >= 11 is 0. The highest BCUT2D eigenvalue weighted by Gasteiger charge is 2.08. The van der Waals surface area contributed by atoms with Crippen LogP contribution in [-0.4, -0.2) is 24.0 Å². The van der Waals surface area contributed by atoms with E-state index in [-0.39, 0.29) is 17.9 Å². The molecule has 0 aliphatic heterocycles. The van der Waals surface area contributed by atoms with Gasteiger partial charge in [0.15, 0.2) is 0 Å². The predicted octanol–water partition coefficient (Wildman–Crippen LogP) is 2.76. The third-order valence-corrected chi connectivity index (χ3v) is 3.25. The molecule has 0 saturated carbocycles. The monoisotopic (exact) mass is 310 g/mol. The summed E-state index contributed by atoms with van der Waals surface area (Å²) in [5.74, 6) is -0.595. The van der Waals surface area contributed by atoms with E-state index < -0.39 is 0 Å². The Morgan fingerprint density at radius 2 is 1.91 bits per heavy atom. The highest BCUT2D eigenvalue weighted by atomic mass is 16.5. The summed E-state index contributed by atoms with van der Waals surface area (Å²) in [6.45, 7) is 1.87. The summed E-state index contributed by atoms with van der Waals surface area (Å²) in [4.78, 5) is 27.5. The molecule has 118 valence electrons. The molecule has 0 bridgehead atoms. The van der Waals surface area contributed by atoms with Crippen molar-refractivity contribution in [3.63, 3.8) is 0 Å².